The molecular formula is C27H34ClN9O3S. The van der Waals surface area contributed by atoms with Crippen LogP contribution in [0.3, 0.4) is 0 Å². The van der Waals surface area contributed by atoms with Crippen LogP contribution in [0.15, 0.2) is 64.7 Å². The number of ether oxygens (including phenoxy) is 1. The maximum absolute atomic E-state index is 12.8. The molecule has 12 nitrogen and oxygen atoms in total. The number of nitrogens with one attached hydrogen (secondary N) is 2. The molecule has 2 aromatic carbocycles. The van der Waals surface area contributed by atoms with E-state index in [1.807, 2.05) is 12.1 Å². The predicted molar refractivity (Wildman–Crippen MR) is 162 cm³/mol. The van der Waals surface area contributed by atoms with Crippen LogP contribution in [0.1, 0.15) is 13.8 Å². The number of nitrogens with zero attached hydrogens (tertiary/aromatic N) is 7. The Morgan fingerprint density at radius 2 is 1.80 bits per heavy atom. The van der Waals surface area contributed by atoms with Gasteiger partial charge in [-0.2, -0.15) is 4.98 Å². The third kappa shape index (κ3) is 8.21. The molecule has 0 atom stereocenters. The first-order valence-electron chi connectivity index (χ1n) is 13.3. The number of hydrogen-bond acceptors (Lipinski definition) is 10. The van der Waals surface area contributed by atoms with Crippen molar-refractivity contribution in [2.24, 2.45) is 5.11 Å². The number of halogens is 1. The summed E-state index contributed by atoms with van der Waals surface area (Å²) in [4.78, 5) is 16.4. The molecule has 218 valence electrons. The molecule has 0 amide bonds. The maximum Gasteiger partial charge on any atom is 0.229 e. The third-order valence-corrected chi connectivity index (χ3v) is 9.11. The first-order valence-corrected chi connectivity index (χ1v) is 15.3. The van der Waals surface area contributed by atoms with Crippen LogP contribution >= 0.6 is 11.6 Å². The lowest BCUT2D eigenvalue weighted by molar-refractivity contribution is 0.107. The molecule has 2 N–H and O–H groups in total. The Labute approximate surface area is 245 Å². The number of para-hydroxylation sites is 1. The highest BCUT2D eigenvalue weighted by molar-refractivity contribution is 7.92. The average Bonchev–Trinajstić information content (AvgIpc) is 2.97. The summed E-state index contributed by atoms with van der Waals surface area (Å²) in [6.07, 6.45) is 1.47. The summed E-state index contributed by atoms with van der Waals surface area (Å²) in [5.41, 5.74) is 10.6. The zero-order chi connectivity index (χ0) is 29.2. The molecule has 0 saturated carbocycles. The van der Waals surface area contributed by atoms with Gasteiger partial charge in [0.05, 0.1) is 35.2 Å². The monoisotopic (exact) mass is 599 g/mol. The summed E-state index contributed by atoms with van der Waals surface area (Å²) in [7, 11) is -3.51. The molecule has 41 heavy (non-hydrogen) atoms. The second kappa shape index (κ2) is 14.3. The van der Waals surface area contributed by atoms with E-state index in [4.69, 9.17) is 21.9 Å². The minimum Gasteiger partial charge on any atom is -0.380 e. The molecule has 0 spiro atoms. The fraction of sp³-hybridized carbons (Fsp3) is 0.407. The number of sulfone groups is 1. The molecule has 4 rings (SSSR count). The molecule has 1 fully saturated rings. The summed E-state index contributed by atoms with van der Waals surface area (Å²) < 4.78 is 31.2. The maximum atomic E-state index is 12.8. The second-order valence-corrected chi connectivity index (χ2v) is 12.6. The molecule has 0 aliphatic carbocycles. The molecule has 0 unspecified atom stereocenters. The lowest BCUT2D eigenvalue weighted by atomic mass is 10.2. The van der Waals surface area contributed by atoms with Gasteiger partial charge in [-0.25, -0.2) is 13.4 Å². The Kier molecular flexibility index (Phi) is 10.6. The first kappa shape index (κ1) is 30.4. The normalized spacial score (nSPS) is 14.1. The molecule has 0 bridgehead atoms. The summed E-state index contributed by atoms with van der Waals surface area (Å²) >= 11 is 6.35. The SMILES string of the molecule is CC(C)S(=O)(=O)c1ccccc1Nc1nc(Nc2ccc(N3CCN(CCOCCN=[N+]=[N-])CC3)cc2)ncc1Cl. The van der Waals surface area contributed by atoms with Crippen molar-refractivity contribution in [3.63, 3.8) is 0 Å². The van der Waals surface area contributed by atoms with E-state index in [0.29, 0.717) is 37.2 Å². The first-order chi connectivity index (χ1) is 19.8. The van der Waals surface area contributed by atoms with E-state index in [-0.39, 0.29) is 9.92 Å². The van der Waals surface area contributed by atoms with Gasteiger partial charge in [0.25, 0.3) is 0 Å². The van der Waals surface area contributed by atoms with Crippen molar-refractivity contribution < 1.29 is 13.2 Å². The largest absolute Gasteiger partial charge is 0.380 e. The van der Waals surface area contributed by atoms with Crippen LogP contribution in [0, 0.1) is 0 Å². The van der Waals surface area contributed by atoms with E-state index in [0.717, 1.165) is 44.1 Å². The summed E-state index contributed by atoms with van der Waals surface area (Å²) in [6, 6.07) is 14.7. The third-order valence-electron chi connectivity index (χ3n) is 6.62. The van der Waals surface area contributed by atoms with Crippen molar-refractivity contribution in [3.05, 3.63) is 70.2 Å². The van der Waals surface area contributed by atoms with E-state index in [9.17, 15) is 8.42 Å². The Hall–Kier alpha value is -3.61. The van der Waals surface area contributed by atoms with Gasteiger partial charge < -0.3 is 20.3 Å². The van der Waals surface area contributed by atoms with E-state index in [2.05, 4.69) is 52.6 Å². The van der Waals surface area contributed by atoms with Gasteiger partial charge in [-0.15, -0.1) is 0 Å². The van der Waals surface area contributed by atoms with Crippen molar-refractivity contribution in [3.8, 4) is 0 Å². The van der Waals surface area contributed by atoms with Crippen LogP contribution in [-0.2, 0) is 14.6 Å². The van der Waals surface area contributed by atoms with Crippen LogP contribution in [0.25, 0.3) is 10.4 Å². The van der Waals surface area contributed by atoms with Crippen molar-refractivity contribution in [2.75, 3.05) is 68.0 Å². The van der Waals surface area contributed by atoms with Crippen molar-refractivity contribution >= 4 is 50.3 Å². The highest BCUT2D eigenvalue weighted by atomic mass is 35.5. The average molecular weight is 600 g/mol. The summed E-state index contributed by atoms with van der Waals surface area (Å²) in [5, 5.41) is 9.42. The summed E-state index contributed by atoms with van der Waals surface area (Å²) in [5.74, 6) is 0.621. The topological polar surface area (TPSA) is 148 Å². The lowest BCUT2D eigenvalue weighted by Crippen LogP contribution is -2.47. The molecule has 1 saturated heterocycles. The fourth-order valence-electron chi connectivity index (χ4n) is 4.27. The number of aromatic nitrogens is 2. The number of azide groups is 1. The number of hydrogen-bond donors (Lipinski definition) is 2. The van der Waals surface area contributed by atoms with Gasteiger partial charge in [-0.3, -0.25) is 4.90 Å². The van der Waals surface area contributed by atoms with Gasteiger partial charge in [-0.05, 0) is 55.8 Å². The van der Waals surface area contributed by atoms with Gasteiger partial charge in [-0.1, -0.05) is 28.8 Å². The van der Waals surface area contributed by atoms with Gasteiger partial charge in [0.15, 0.2) is 15.7 Å². The smallest absolute Gasteiger partial charge is 0.229 e. The highest BCUT2D eigenvalue weighted by Crippen LogP contribution is 2.30. The van der Waals surface area contributed by atoms with Gasteiger partial charge in [0.2, 0.25) is 5.95 Å². The Balaban J connectivity index is 1.34. The molecule has 3 aromatic rings. The molecule has 14 heteroatoms. The Bertz CT molecular complexity index is 1460. The zero-order valence-corrected chi connectivity index (χ0v) is 24.6. The van der Waals surface area contributed by atoms with Crippen LogP contribution < -0.4 is 15.5 Å². The van der Waals surface area contributed by atoms with Gasteiger partial charge >= 0.3 is 0 Å². The molecule has 1 aromatic heterocycles. The molecule has 2 heterocycles. The molecule has 1 aliphatic heterocycles. The Morgan fingerprint density at radius 1 is 1.07 bits per heavy atom. The molecular weight excluding hydrogens is 566 g/mol. The molecule has 0 radical (unpaired) electrons. The van der Waals surface area contributed by atoms with Crippen LogP contribution in [-0.4, -0.2) is 81.0 Å². The summed E-state index contributed by atoms with van der Waals surface area (Å²) in [6.45, 7) is 9.27. The fourth-order valence-corrected chi connectivity index (χ4v) is 5.61. The van der Waals surface area contributed by atoms with Crippen LogP contribution in [0.2, 0.25) is 5.02 Å². The quantitative estimate of drug-likeness (QED) is 0.116. The van der Waals surface area contributed by atoms with E-state index >= 15 is 0 Å². The van der Waals surface area contributed by atoms with E-state index < -0.39 is 15.1 Å². The van der Waals surface area contributed by atoms with Gasteiger partial charge in [0, 0.05) is 55.6 Å². The standard InChI is InChI=1S/C27H34ClN9O3S/c1-20(2)41(38,39)25-6-4-3-5-24(25)33-26-23(28)19-30-27(34-26)32-21-7-9-22(10-8-21)37-14-12-36(13-15-37)16-18-40-17-11-31-35-29/h3-10,19-20H,11-18H2,1-2H3,(H2,30,32,33,34). The number of rotatable bonds is 13. The lowest BCUT2D eigenvalue weighted by Gasteiger charge is -2.36. The minimum absolute atomic E-state index is 0.186. The predicted octanol–water partition coefficient (Wildman–Crippen LogP) is 5.25. The number of piperazine rings is 1. The van der Waals surface area contributed by atoms with Gasteiger partial charge in [0.1, 0.15) is 5.02 Å². The minimum atomic E-state index is -3.51. The van der Waals surface area contributed by atoms with Crippen LogP contribution in [0.4, 0.5) is 28.8 Å². The molecule has 1 aliphatic rings. The Morgan fingerprint density at radius 3 is 2.51 bits per heavy atom. The highest BCUT2D eigenvalue weighted by Gasteiger charge is 2.23. The van der Waals surface area contributed by atoms with Crippen molar-refractivity contribution in [1.29, 1.82) is 0 Å². The number of anilines is 5. The zero-order valence-electron chi connectivity index (χ0n) is 23.1. The second-order valence-electron chi connectivity index (χ2n) is 9.67. The van der Waals surface area contributed by atoms with Crippen LogP contribution in [0.5, 0.6) is 0 Å². The van der Waals surface area contributed by atoms with E-state index in [1.165, 1.54) is 6.20 Å². The van der Waals surface area contributed by atoms with Crippen molar-refractivity contribution in [1.82, 2.24) is 14.9 Å². The van der Waals surface area contributed by atoms with Crippen molar-refractivity contribution in [2.45, 2.75) is 24.0 Å². The van der Waals surface area contributed by atoms with E-state index in [1.54, 1.807) is 38.1 Å². The number of benzene rings is 2.